The second-order valence-electron chi connectivity index (χ2n) is 5.05. The maximum Gasteiger partial charge on any atom is 0.225 e. The van der Waals surface area contributed by atoms with Gasteiger partial charge in [-0.2, -0.15) is 0 Å². The fourth-order valence-electron chi connectivity index (χ4n) is 2.02. The van der Waals surface area contributed by atoms with Crippen molar-refractivity contribution in [3.8, 4) is 11.6 Å². The van der Waals surface area contributed by atoms with Crippen LogP contribution in [0.2, 0.25) is 0 Å². The second kappa shape index (κ2) is 6.53. The van der Waals surface area contributed by atoms with Crippen LogP contribution in [0, 0.1) is 0 Å². The predicted octanol–water partition coefficient (Wildman–Crippen LogP) is 4.44. The average molecular weight is 271 g/mol. The molecule has 1 N–H and O–H groups in total. The van der Waals surface area contributed by atoms with Gasteiger partial charge in [-0.15, -0.1) is 0 Å². The van der Waals surface area contributed by atoms with Gasteiger partial charge in [-0.05, 0) is 49.1 Å². The molecule has 0 spiro atoms. The molecular weight excluding hydrogens is 250 g/mol. The smallest absolute Gasteiger partial charge is 0.225 e. The van der Waals surface area contributed by atoms with Crippen LogP contribution in [-0.4, -0.2) is 10.1 Å². The molecular formula is C17H21NO2. The van der Waals surface area contributed by atoms with Gasteiger partial charge in [0.15, 0.2) is 0 Å². The summed E-state index contributed by atoms with van der Waals surface area (Å²) in [5, 5.41) is 9.71. The van der Waals surface area contributed by atoms with Gasteiger partial charge >= 0.3 is 0 Å². The van der Waals surface area contributed by atoms with Gasteiger partial charge in [-0.3, -0.25) is 0 Å². The van der Waals surface area contributed by atoms with E-state index in [4.69, 9.17) is 4.74 Å². The highest BCUT2D eigenvalue weighted by Gasteiger charge is 2.11. The molecule has 1 aromatic carbocycles. The maximum absolute atomic E-state index is 9.71. The van der Waals surface area contributed by atoms with E-state index in [0.717, 1.165) is 12.2 Å². The molecule has 2 aromatic rings. The van der Waals surface area contributed by atoms with Crippen LogP contribution in [0.25, 0.3) is 0 Å². The molecule has 0 amide bonds. The van der Waals surface area contributed by atoms with E-state index in [9.17, 15) is 5.11 Å². The first kappa shape index (κ1) is 14.5. The number of aromatic nitrogens is 1. The van der Waals surface area contributed by atoms with Crippen LogP contribution in [0.4, 0.5) is 0 Å². The number of rotatable bonds is 5. The molecule has 2 atom stereocenters. The lowest BCUT2D eigenvalue weighted by Crippen LogP contribution is -1.98. The fourth-order valence-corrected chi connectivity index (χ4v) is 2.02. The summed E-state index contributed by atoms with van der Waals surface area (Å²) in [5.41, 5.74) is 2.00. The number of hydrogen-bond donors (Lipinski definition) is 1. The SMILES string of the molecule is CCC(C)c1ccc(Oc2ncccc2[C@H](C)O)cc1. The first-order chi connectivity index (χ1) is 9.61. The Labute approximate surface area is 120 Å². The quantitative estimate of drug-likeness (QED) is 0.874. The zero-order valence-corrected chi connectivity index (χ0v) is 12.2. The standard InChI is InChI=1S/C17H21NO2/c1-4-12(2)14-7-9-15(10-8-14)20-17-16(13(3)19)6-5-11-18-17/h5-13,19H,4H2,1-3H3/t12?,13-/m0/s1. The summed E-state index contributed by atoms with van der Waals surface area (Å²) in [5.74, 6) is 1.74. The lowest BCUT2D eigenvalue weighted by molar-refractivity contribution is 0.194. The lowest BCUT2D eigenvalue weighted by Gasteiger charge is -2.13. The molecule has 0 radical (unpaired) electrons. The summed E-state index contributed by atoms with van der Waals surface area (Å²) in [7, 11) is 0. The van der Waals surface area contributed by atoms with Crippen molar-refractivity contribution in [2.45, 2.75) is 39.2 Å². The Hall–Kier alpha value is -1.87. The third-order valence-corrected chi connectivity index (χ3v) is 3.53. The number of nitrogens with zero attached hydrogens (tertiary/aromatic N) is 1. The van der Waals surface area contributed by atoms with Gasteiger partial charge in [0.25, 0.3) is 0 Å². The third-order valence-electron chi connectivity index (χ3n) is 3.53. The van der Waals surface area contributed by atoms with Crippen LogP contribution in [0.15, 0.2) is 42.6 Å². The molecule has 1 unspecified atom stereocenters. The molecule has 1 aromatic heterocycles. The van der Waals surface area contributed by atoms with Crippen LogP contribution in [-0.2, 0) is 0 Å². The first-order valence-corrected chi connectivity index (χ1v) is 7.02. The Bertz CT molecular complexity index is 549. The number of aliphatic hydroxyl groups excluding tert-OH is 1. The molecule has 3 heteroatoms. The van der Waals surface area contributed by atoms with E-state index >= 15 is 0 Å². The number of pyridine rings is 1. The molecule has 2 rings (SSSR count). The second-order valence-corrected chi connectivity index (χ2v) is 5.05. The van der Waals surface area contributed by atoms with E-state index in [-0.39, 0.29) is 0 Å². The number of ether oxygens (including phenoxy) is 1. The van der Waals surface area contributed by atoms with Crippen LogP contribution in [0.3, 0.4) is 0 Å². The zero-order valence-electron chi connectivity index (χ0n) is 12.2. The first-order valence-electron chi connectivity index (χ1n) is 7.02. The van der Waals surface area contributed by atoms with Crippen LogP contribution in [0.1, 0.15) is 50.3 Å². The Morgan fingerprint density at radius 2 is 1.85 bits per heavy atom. The van der Waals surface area contributed by atoms with E-state index in [2.05, 4.69) is 31.0 Å². The van der Waals surface area contributed by atoms with Crippen molar-refractivity contribution in [3.05, 3.63) is 53.7 Å². The van der Waals surface area contributed by atoms with E-state index < -0.39 is 6.10 Å². The highest BCUT2D eigenvalue weighted by atomic mass is 16.5. The highest BCUT2D eigenvalue weighted by molar-refractivity contribution is 5.35. The largest absolute Gasteiger partial charge is 0.439 e. The molecule has 1 heterocycles. The van der Waals surface area contributed by atoms with E-state index in [1.165, 1.54) is 5.56 Å². The van der Waals surface area contributed by atoms with Gasteiger partial charge in [-0.25, -0.2) is 4.98 Å². The normalized spacial score (nSPS) is 13.8. The Kier molecular flexibility index (Phi) is 4.74. The van der Waals surface area contributed by atoms with Crippen molar-refractivity contribution in [1.29, 1.82) is 0 Å². The monoisotopic (exact) mass is 271 g/mol. The van der Waals surface area contributed by atoms with Crippen molar-refractivity contribution in [2.75, 3.05) is 0 Å². The van der Waals surface area contributed by atoms with Crippen molar-refractivity contribution >= 4 is 0 Å². The molecule has 20 heavy (non-hydrogen) atoms. The van der Waals surface area contributed by atoms with Gasteiger partial charge in [0.1, 0.15) is 5.75 Å². The van der Waals surface area contributed by atoms with E-state index in [1.807, 2.05) is 18.2 Å². The number of hydrogen-bond acceptors (Lipinski definition) is 3. The topological polar surface area (TPSA) is 42.4 Å². The van der Waals surface area contributed by atoms with Crippen molar-refractivity contribution in [3.63, 3.8) is 0 Å². The summed E-state index contributed by atoms with van der Waals surface area (Å²) in [6.07, 6.45) is 2.18. The van der Waals surface area contributed by atoms with Crippen molar-refractivity contribution in [2.24, 2.45) is 0 Å². The fraction of sp³-hybridized carbons (Fsp3) is 0.353. The van der Waals surface area contributed by atoms with Gasteiger partial charge in [0, 0.05) is 11.8 Å². The van der Waals surface area contributed by atoms with Gasteiger partial charge in [0.2, 0.25) is 5.88 Å². The van der Waals surface area contributed by atoms with Gasteiger partial charge in [0.05, 0.1) is 6.10 Å². The molecule has 0 bridgehead atoms. The van der Waals surface area contributed by atoms with E-state index in [0.29, 0.717) is 17.4 Å². The average Bonchev–Trinajstić information content (AvgIpc) is 2.47. The van der Waals surface area contributed by atoms with Gasteiger partial charge < -0.3 is 9.84 Å². The minimum absolute atomic E-state index is 0.457. The number of benzene rings is 1. The summed E-state index contributed by atoms with van der Waals surface area (Å²) in [4.78, 5) is 4.19. The molecule has 0 aliphatic carbocycles. The summed E-state index contributed by atoms with van der Waals surface area (Å²) in [6.45, 7) is 6.09. The molecule has 0 saturated heterocycles. The molecule has 3 nitrogen and oxygen atoms in total. The summed E-state index contributed by atoms with van der Waals surface area (Å²) < 4.78 is 5.77. The number of aliphatic hydroxyl groups is 1. The molecule has 0 fully saturated rings. The third kappa shape index (κ3) is 3.36. The lowest BCUT2D eigenvalue weighted by atomic mass is 9.99. The maximum atomic E-state index is 9.71. The Morgan fingerprint density at radius 1 is 1.15 bits per heavy atom. The summed E-state index contributed by atoms with van der Waals surface area (Å²) in [6, 6.07) is 11.7. The van der Waals surface area contributed by atoms with E-state index in [1.54, 1.807) is 19.2 Å². The molecule has 0 saturated carbocycles. The van der Waals surface area contributed by atoms with Crippen molar-refractivity contribution in [1.82, 2.24) is 4.98 Å². The molecule has 0 aliphatic rings. The molecule has 0 aliphatic heterocycles. The van der Waals surface area contributed by atoms with Crippen LogP contribution in [0.5, 0.6) is 11.6 Å². The van der Waals surface area contributed by atoms with Crippen molar-refractivity contribution < 1.29 is 9.84 Å². The minimum Gasteiger partial charge on any atom is -0.439 e. The summed E-state index contributed by atoms with van der Waals surface area (Å²) >= 11 is 0. The predicted molar refractivity (Wildman–Crippen MR) is 80.1 cm³/mol. The zero-order chi connectivity index (χ0) is 14.5. The van der Waals surface area contributed by atoms with Gasteiger partial charge in [-0.1, -0.05) is 26.0 Å². The Balaban J connectivity index is 2.18. The van der Waals surface area contributed by atoms with Crippen LogP contribution >= 0.6 is 0 Å². The van der Waals surface area contributed by atoms with Crippen LogP contribution < -0.4 is 4.74 Å². The molecule has 106 valence electrons. The Morgan fingerprint density at radius 3 is 2.45 bits per heavy atom. The minimum atomic E-state index is -0.599. The highest BCUT2D eigenvalue weighted by Crippen LogP contribution is 2.28.